The van der Waals surface area contributed by atoms with Crippen LogP contribution in [-0.2, 0) is 9.53 Å². The average molecular weight is 371 g/mol. The Morgan fingerprint density at radius 1 is 1.30 bits per heavy atom. The van der Waals surface area contributed by atoms with Crippen LogP contribution in [0.2, 0.25) is 0 Å². The van der Waals surface area contributed by atoms with Gasteiger partial charge in [-0.25, -0.2) is 0 Å². The molecule has 1 aromatic carbocycles. The number of ether oxygens (including phenoxy) is 1. The van der Waals surface area contributed by atoms with E-state index in [9.17, 15) is 14.7 Å². The number of amides is 1. The molecule has 0 saturated carbocycles. The maximum absolute atomic E-state index is 12.9. The summed E-state index contributed by atoms with van der Waals surface area (Å²) in [6, 6.07) is 9.16. The van der Waals surface area contributed by atoms with Crippen LogP contribution in [0.25, 0.3) is 11.3 Å². The third-order valence-corrected chi connectivity index (χ3v) is 5.27. The number of nitrogens with one attached hydrogen (secondary N) is 1. The van der Waals surface area contributed by atoms with Gasteiger partial charge in [0, 0.05) is 38.6 Å². The molecule has 7 nitrogen and oxygen atoms in total. The van der Waals surface area contributed by atoms with Gasteiger partial charge in [0.15, 0.2) is 0 Å². The van der Waals surface area contributed by atoms with Crippen LogP contribution >= 0.6 is 0 Å². The van der Waals surface area contributed by atoms with Crippen LogP contribution in [0, 0.1) is 5.41 Å². The second-order valence-corrected chi connectivity index (χ2v) is 7.06. The van der Waals surface area contributed by atoms with Crippen molar-refractivity contribution in [2.75, 3.05) is 26.8 Å². The lowest BCUT2D eigenvalue weighted by Gasteiger charge is -2.40. The number of carbonyl (C=O) groups excluding carboxylic acids is 1. The van der Waals surface area contributed by atoms with Crippen molar-refractivity contribution in [3.63, 3.8) is 0 Å². The first-order chi connectivity index (χ1) is 13.1. The van der Waals surface area contributed by atoms with Crippen molar-refractivity contribution in [2.45, 2.75) is 25.7 Å². The van der Waals surface area contributed by atoms with Gasteiger partial charge in [-0.3, -0.25) is 14.7 Å². The Kier molecular flexibility index (Phi) is 5.91. The highest BCUT2D eigenvalue weighted by Gasteiger charge is 2.43. The molecular weight excluding hydrogens is 346 g/mol. The molecule has 1 saturated heterocycles. The van der Waals surface area contributed by atoms with Crippen molar-refractivity contribution >= 4 is 11.9 Å². The molecule has 1 atom stereocenters. The highest BCUT2D eigenvalue weighted by molar-refractivity contribution is 5.95. The standard InChI is InChI=1S/C20H25N3O4/c1-27-13-3-10-20(19(25)26)9-2-12-23(14-20)18(24)16-6-4-15(5-7-16)17-8-11-21-22-17/h4-8,11H,2-3,9-10,12-14H2,1H3,(H,21,22)(H,25,26). The largest absolute Gasteiger partial charge is 0.481 e. The van der Waals surface area contributed by atoms with Gasteiger partial charge in [-0.1, -0.05) is 12.1 Å². The monoisotopic (exact) mass is 371 g/mol. The third-order valence-electron chi connectivity index (χ3n) is 5.27. The van der Waals surface area contributed by atoms with Crippen molar-refractivity contribution in [1.29, 1.82) is 0 Å². The van der Waals surface area contributed by atoms with Crippen LogP contribution in [-0.4, -0.2) is 58.9 Å². The number of benzene rings is 1. The number of aromatic nitrogens is 2. The lowest BCUT2D eigenvalue weighted by molar-refractivity contribution is -0.152. The Hall–Kier alpha value is -2.67. The Morgan fingerprint density at radius 3 is 2.70 bits per heavy atom. The molecule has 1 unspecified atom stereocenters. The topological polar surface area (TPSA) is 95.5 Å². The number of rotatable bonds is 7. The van der Waals surface area contributed by atoms with E-state index in [0.717, 1.165) is 11.3 Å². The van der Waals surface area contributed by atoms with Gasteiger partial charge in [-0.15, -0.1) is 0 Å². The predicted molar refractivity (Wildman–Crippen MR) is 100 cm³/mol. The fourth-order valence-electron chi connectivity index (χ4n) is 3.74. The molecule has 0 aliphatic carbocycles. The van der Waals surface area contributed by atoms with Gasteiger partial charge in [0.05, 0.1) is 11.1 Å². The smallest absolute Gasteiger partial charge is 0.311 e. The molecule has 1 fully saturated rings. The van der Waals surface area contributed by atoms with E-state index >= 15 is 0 Å². The van der Waals surface area contributed by atoms with Gasteiger partial charge in [-0.2, -0.15) is 5.10 Å². The van der Waals surface area contributed by atoms with Crippen molar-refractivity contribution in [3.8, 4) is 11.3 Å². The molecule has 1 aromatic heterocycles. The zero-order valence-electron chi connectivity index (χ0n) is 15.5. The van der Waals surface area contributed by atoms with Gasteiger partial charge < -0.3 is 14.7 Å². The maximum Gasteiger partial charge on any atom is 0.311 e. The van der Waals surface area contributed by atoms with Crippen molar-refractivity contribution < 1.29 is 19.4 Å². The second kappa shape index (κ2) is 8.35. The third kappa shape index (κ3) is 4.19. The number of aromatic amines is 1. The fourth-order valence-corrected chi connectivity index (χ4v) is 3.74. The minimum atomic E-state index is -0.887. The number of piperidine rings is 1. The normalized spacial score (nSPS) is 19.8. The first-order valence-corrected chi connectivity index (χ1v) is 9.17. The molecule has 1 aliphatic rings. The molecule has 0 radical (unpaired) electrons. The van der Waals surface area contributed by atoms with Crippen LogP contribution in [0.15, 0.2) is 36.5 Å². The molecule has 1 aliphatic heterocycles. The van der Waals surface area contributed by atoms with E-state index in [2.05, 4.69) is 10.2 Å². The predicted octanol–water partition coefficient (Wildman–Crippen LogP) is 2.81. The van der Waals surface area contributed by atoms with Crippen LogP contribution in [0.5, 0.6) is 0 Å². The van der Waals surface area contributed by atoms with E-state index in [0.29, 0.717) is 44.4 Å². The highest BCUT2D eigenvalue weighted by atomic mass is 16.5. The van der Waals surface area contributed by atoms with Gasteiger partial charge in [0.2, 0.25) is 0 Å². The SMILES string of the molecule is COCCCC1(C(=O)O)CCCN(C(=O)c2ccc(-c3ccn[nH]3)cc2)C1. The summed E-state index contributed by atoms with van der Waals surface area (Å²) in [5.41, 5.74) is 1.51. The zero-order chi connectivity index (χ0) is 19.3. The van der Waals surface area contributed by atoms with Gasteiger partial charge in [-0.05, 0) is 49.4 Å². The number of aliphatic carboxylic acids is 1. The quantitative estimate of drug-likeness (QED) is 0.730. The number of hydrogen-bond donors (Lipinski definition) is 2. The first kappa shape index (κ1) is 19.1. The van der Waals surface area contributed by atoms with Gasteiger partial charge in [0.25, 0.3) is 5.91 Å². The summed E-state index contributed by atoms with van der Waals surface area (Å²) in [5, 5.41) is 16.6. The summed E-state index contributed by atoms with van der Waals surface area (Å²) < 4.78 is 5.06. The summed E-state index contributed by atoms with van der Waals surface area (Å²) >= 11 is 0. The molecule has 2 N–H and O–H groups in total. The Morgan fingerprint density at radius 2 is 2.07 bits per heavy atom. The second-order valence-electron chi connectivity index (χ2n) is 7.06. The number of hydrogen-bond acceptors (Lipinski definition) is 4. The summed E-state index contributed by atoms with van der Waals surface area (Å²) in [5.74, 6) is -0.950. The van der Waals surface area contributed by atoms with E-state index in [1.165, 1.54) is 0 Å². The Labute approximate surface area is 158 Å². The molecule has 3 rings (SSSR count). The average Bonchev–Trinajstić information content (AvgIpc) is 3.23. The number of carbonyl (C=O) groups is 2. The molecule has 0 bridgehead atoms. The molecular formula is C20H25N3O4. The first-order valence-electron chi connectivity index (χ1n) is 9.17. The van der Waals surface area contributed by atoms with E-state index in [1.54, 1.807) is 30.3 Å². The maximum atomic E-state index is 12.9. The van der Waals surface area contributed by atoms with E-state index in [4.69, 9.17) is 4.74 Å². The van der Waals surface area contributed by atoms with Crippen molar-refractivity contribution in [1.82, 2.24) is 15.1 Å². The van der Waals surface area contributed by atoms with Crippen LogP contribution < -0.4 is 0 Å². The van der Waals surface area contributed by atoms with Crippen molar-refractivity contribution in [2.24, 2.45) is 5.41 Å². The van der Waals surface area contributed by atoms with E-state index in [1.807, 2.05) is 18.2 Å². The lowest BCUT2D eigenvalue weighted by Crippen LogP contribution is -2.50. The van der Waals surface area contributed by atoms with Crippen LogP contribution in [0.4, 0.5) is 0 Å². The minimum absolute atomic E-state index is 0.122. The molecule has 144 valence electrons. The molecule has 7 heteroatoms. The number of likely N-dealkylation sites (tertiary alicyclic amines) is 1. The minimum Gasteiger partial charge on any atom is -0.481 e. The summed E-state index contributed by atoms with van der Waals surface area (Å²) in [6.07, 6.45) is 4.14. The van der Waals surface area contributed by atoms with Gasteiger partial charge >= 0.3 is 5.97 Å². The molecule has 1 amide bonds. The summed E-state index contributed by atoms with van der Waals surface area (Å²) in [6.45, 7) is 1.35. The fraction of sp³-hybridized carbons (Fsp3) is 0.450. The zero-order valence-corrected chi connectivity index (χ0v) is 15.5. The number of carboxylic acids is 1. The number of nitrogens with zero attached hydrogens (tertiary/aromatic N) is 2. The van der Waals surface area contributed by atoms with Crippen LogP contribution in [0.1, 0.15) is 36.0 Å². The Bertz CT molecular complexity index is 773. The highest BCUT2D eigenvalue weighted by Crippen LogP contribution is 2.35. The molecule has 2 heterocycles. The van der Waals surface area contributed by atoms with E-state index < -0.39 is 11.4 Å². The molecule has 27 heavy (non-hydrogen) atoms. The number of carboxylic acid groups (broad SMARTS) is 1. The van der Waals surface area contributed by atoms with Gasteiger partial charge in [0.1, 0.15) is 0 Å². The number of H-pyrrole nitrogens is 1. The summed E-state index contributed by atoms with van der Waals surface area (Å²) in [4.78, 5) is 26.6. The van der Waals surface area contributed by atoms with Crippen LogP contribution in [0.3, 0.4) is 0 Å². The lowest BCUT2D eigenvalue weighted by atomic mass is 9.76. The Balaban J connectivity index is 1.72. The van der Waals surface area contributed by atoms with E-state index in [-0.39, 0.29) is 12.5 Å². The molecule has 2 aromatic rings. The van der Waals surface area contributed by atoms with Crippen molar-refractivity contribution in [3.05, 3.63) is 42.1 Å². The molecule has 0 spiro atoms. The summed E-state index contributed by atoms with van der Waals surface area (Å²) in [7, 11) is 1.61. The number of methoxy groups -OCH3 is 1.